The van der Waals surface area contributed by atoms with Crippen LogP contribution in [-0.2, 0) is 15.0 Å². The summed E-state index contributed by atoms with van der Waals surface area (Å²) >= 11 is 0. The molecule has 0 aromatic heterocycles. The quantitative estimate of drug-likeness (QED) is 0.230. The predicted molar refractivity (Wildman–Crippen MR) is 93.6 cm³/mol. The minimum atomic E-state index is -3.91. The molecule has 8 N–H and O–H groups in total. The Kier molecular flexibility index (Phi) is 7.81. The van der Waals surface area contributed by atoms with Gasteiger partial charge in [0.05, 0.1) is 0 Å². The Bertz CT molecular complexity index is 561. The highest BCUT2D eigenvalue weighted by Gasteiger charge is 2.52. The monoisotopic (exact) mass is 380 g/mol. The van der Waals surface area contributed by atoms with E-state index < -0.39 is 34.8 Å². The Labute approximate surface area is 148 Å². The number of aliphatic carboxylic acids is 1. The van der Waals surface area contributed by atoms with E-state index in [0.717, 1.165) is 4.31 Å². The highest BCUT2D eigenvalue weighted by Crippen LogP contribution is 2.31. The van der Waals surface area contributed by atoms with Crippen molar-refractivity contribution in [1.29, 1.82) is 0 Å². The Hall–Kier alpha value is -0.755. The van der Waals surface area contributed by atoms with Crippen LogP contribution in [0.3, 0.4) is 0 Å². The van der Waals surface area contributed by atoms with Crippen LogP contribution in [0.25, 0.3) is 0 Å². The van der Waals surface area contributed by atoms with E-state index in [1.165, 1.54) is 0 Å². The molecule has 0 aromatic carbocycles. The summed E-state index contributed by atoms with van der Waals surface area (Å²) in [5.41, 5.74) is 10.1. The molecule has 1 aliphatic rings. The zero-order valence-corrected chi connectivity index (χ0v) is 15.4. The van der Waals surface area contributed by atoms with Gasteiger partial charge < -0.3 is 26.6 Å². The van der Waals surface area contributed by atoms with Crippen LogP contribution in [0.4, 0.5) is 0 Å². The van der Waals surface area contributed by atoms with Crippen molar-refractivity contribution in [3.63, 3.8) is 0 Å². The third kappa shape index (κ3) is 5.88. The first-order valence-electron chi connectivity index (χ1n) is 8.29. The molecule has 1 rings (SSSR count). The van der Waals surface area contributed by atoms with Gasteiger partial charge in [-0.25, -0.2) is 4.72 Å². The topological polar surface area (TPSA) is 179 Å². The van der Waals surface area contributed by atoms with Crippen molar-refractivity contribution in [2.75, 3.05) is 19.6 Å². The molecule has 0 aliphatic carbocycles. The largest absolute Gasteiger partial charge is 0.480 e. The summed E-state index contributed by atoms with van der Waals surface area (Å²) in [5.74, 6) is -1.82. The minimum absolute atomic E-state index is 0.0442. The fraction of sp³-hybridized carbons (Fsp3) is 0.923. The first kappa shape index (κ1) is 22.3. The number of hydrogen-bond acceptors (Lipinski definition) is 7. The van der Waals surface area contributed by atoms with Gasteiger partial charge in [-0.15, -0.1) is 0 Å². The van der Waals surface area contributed by atoms with Crippen molar-refractivity contribution in [3.8, 4) is 0 Å². The number of carbonyl (C=O) groups is 1. The lowest BCUT2D eigenvalue weighted by Gasteiger charge is -2.25. The molecule has 10 nitrogen and oxygen atoms in total. The van der Waals surface area contributed by atoms with E-state index in [4.69, 9.17) is 21.5 Å². The van der Waals surface area contributed by atoms with Gasteiger partial charge in [0.2, 0.25) is 0 Å². The smallest absolute Gasteiger partial charge is 0.451 e. The molecule has 25 heavy (non-hydrogen) atoms. The molecular formula is C13H29BN4O6S. The van der Waals surface area contributed by atoms with Crippen LogP contribution in [0.5, 0.6) is 0 Å². The molecular weight excluding hydrogens is 351 g/mol. The molecule has 12 heteroatoms. The minimum Gasteiger partial charge on any atom is -0.480 e. The summed E-state index contributed by atoms with van der Waals surface area (Å²) in [6, 6.07) is -0.360. The Morgan fingerprint density at radius 3 is 2.52 bits per heavy atom. The number of rotatable bonds is 10. The lowest BCUT2D eigenvalue weighted by molar-refractivity contribution is -0.144. The maximum Gasteiger partial charge on any atom is 0.451 e. The highest BCUT2D eigenvalue weighted by atomic mass is 32.2. The Morgan fingerprint density at radius 2 is 2.04 bits per heavy atom. The lowest BCUT2D eigenvalue weighted by Crippen LogP contribution is -2.55. The molecule has 0 bridgehead atoms. The fourth-order valence-electron chi connectivity index (χ4n) is 2.74. The van der Waals surface area contributed by atoms with Gasteiger partial charge in [-0.3, -0.25) is 4.79 Å². The second-order valence-corrected chi connectivity index (χ2v) is 8.76. The number of carboxylic acids is 1. The van der Waals surface area contributed by atoms with Gasteiger partial charge in [-0.1, -0.05) is 20.3 Å². The Morgan fingerprint density at radius 1 is 1.44 bits per heavy atom. The SMILES string of the molecule is CC(C)[C@H](N)CNS(=O)(=O)N1C[C@H](CCCB(O)O)[C@](N)(C(=O)O)C1. The molecule has 1 heterocycles. The summed E-state index contributed by atoms with van der Waals surface area (Å²) in [4.78, 5) is 11.6. The average Bonchev–Trinajstić information content (AvgIpc) is 2.84. The number of carboxylic acid groups (broad SMARTS) is 1. The molecule has 0 aromatic rings. The average molecular weight is 380 g/mol. The van der Waals surface area contributed by atoms with E-state index >= 15 is 0 Å². The first-order chi connectivity index (χ1) is 11.4. The molecule has 1 fully saturated rings. The summed E-state index contributed by atoms with van der Waals surface area (Å²) < 4.78 is 28.3. The first-order valence-corrected chi connectivity index (χ1v) is 9.73. The molecule has 1 aliphatic heterocycles. The molecule has 0 spiro atoms. The van der Waals surface area contributed by atoms with Crippen LogP contribution in [0, 0.1) is 11.8 Å². The highest BCUT2D eigenvalue weighted by molar-refractivity contribution is 7.87. The van der Waals surface area contributed by atoms with Crippen LogP contribution in [0.2, 0.25) is 6.32 Å². The summed E-state index contributed by atoms with van der Waals surface area (Å²) in [5, 5.41) is 27.2. The van der Waals surface area contributed by atoms with Gasteiger partial charge in [0, 0.05) is 31.6 Å². The maximum absolute atomic E-state index is 12.4. The van der Waals surface area contributed by atoms with Crippen molar-refractivity contribution >= 4 is 23.3 Å². The molecule has 0 amide bonds. The summed E-state index contributed by atoms with van der Waals surface area (Å²) in [6.07, 6.45) is 0.673. The van der Waals surface area contributed by atoms with Crippen LogP contribution >= 0.6 is 0 Å². The van der Waals surface area contributed by atoms with Gasteiger partial charge in [-0.05, 0) is 18.7 Å². The van der Waals surface area contributed by atoms with Crippen LogP contribution in [0.1, 0.15) is 26.7 Å². The zero-order chi connectivity index (χ0) is 19.4. The third-order valence-corrected chi connectivity index (χ3v) is 6.19. The van der Waals surface area contributed by atoms with Crippen molar-refractivity contribution in [2.45, 2.75) is 44.6 Å². The maximum atomic E-state index is 12.4. The second-order valence-electron chi connectivity index (χ2n) is 7.01. The fourth-order valence-corrected chi connectivity index (χ4v) is 4.09. The normalized spacial score (nSPS) is 26.1. The third-order valence-electron chi connectivity index (χ3n) is 4.70. The standard InChI is InChI=1S/C13H29BN4O6S/c1-9(2)11(15)6-17-25(23,24)18-7-10(4-3-5-14(21)22)13(16,8-18)12(19)20/h9-11,17,21-22H,3-8,15-16H2,1-2H3,(H,19,20)/t10-,11+,13-/m0/s1. The number of nitrogens with one attached hydrogen (secondary N) is 1. The van der Waals surface area contributed by atoms with Gasteiger partial charge >= 0.3 is 13.1 Å². The Balaban J connectivity index is 2.80. The molecule has 3 atom stereocenters. The summed E-state index contributed by atoms with van der Waals surface area (Å²) in [7, 11) is -5.39. The number of nitrogens with zero attached hydrogens (tertiary/aromatic N) is 1. The van der Waals surface area contributed by atoms with Gasteiger partial charge in [-0.2, -0.15) is 12.7 Å². The van der Waals surface area contributed by atoms with E-state index in [1.54, 1.807) is 0 Å². The van der Waals surface area contributed by atoms with Crippen molar-refractivity contribution in [3.05, 3.63) is 0 Å². The predicted octanol–water partition coefficient (Wildman–Crippen LogP) is -2.23. The van der Waals surface area contributed by atoms with Gasteiger partial charge in [0.25, 0.3) is 10.2 Å². The van der Waals surface area contributed by atoms with E-state index in [9.17, 15) is 18.3 Å². The molecule has 146 valence electrons. The van der Waals surface area contributed by atoms with Crippen LogP contribution in [0.15, 0.2) is 0 Å². The molecule has 0 unspecified atom stereocenters. The summed E-state index contributed by atoms with van der Waals surface area (Å²) in [6.45, 7) is 3.39. The van der Waals surface area contributed by atoms with Gasteiger partial charge in [0.1, 0.15) is 5.54 Å². The number of hydrogen-bond donors (Lipinski definition) is 6. The molecule has 0 radical (unpaired) electrons. The van der Waals surface area contributed by atoms with Crippen LogP contribution in [-0.4, -0.2) is 72.2 Å². The van der Waals surface area contributed by atoms with Crippen molar-refractivity contribution in [2.24, 2.45) is 23.3 Å². The van der Waals surface area contributed by atoms with E-state index in [0.29, 0.717) is 6.42 Å². The van der Waals surface area contributed by atoms with Crippen LogP contribution < -0.4 is 16.2 Å². The zero-order valence-electron chi connectivity index (χ0n) is 14.6. The van der Waals surface area contributed by atoms with E-state index in [1.807, 2.05) is 13.8 Å². The lowest BCUT2D eigenvalue weighted by atomic mass is 9.78. The van der Waals surface area contributed by atoms with Crippen molar-refractivity contribution < 1.29 is 28.4 Å². The molecule has 1 saturated heterocycles. The van der Waals surface area contributed by atoms with Crippen molar-refractivity contribution in [1.82, 2.24) is 9.03 Å². The second kappa shape index (κ2) is 8.76. The van der Waals surface area contributed by atoms with E-state index in [2.05, 4.69) is 4.72 Å². The van der Waals surface area contributed by atoms with Gasteiger partial charge in [0.15, 0.2) is 0 Å². The molecule has 0 saturated carbocycles. The number of nitrogens with two attached hydrogens (primary N) is 2. The van der Waals surface area contributed by atoms with E-state index in [-0.39, 0.29) is 44.3 Å².